The minimum Gasteiger partial charge on any atom is -0.507 e. The molecule has 0 aromatic heterocycles. The van der Waals surface area contributed by atoms with Crippen LogP contribution < -0.4 is 4.74 Å². The van der Waals surface area contributed by atoms with Gasteiger partial charge in [0.2, 0.25) is 0 Å². The van der Waals surface area contributed by atoms with Crippen LogP contribution in [0, 0.1) is 6.92 Å². The van der Waals surface area contributed by atoms with Gasteiger partial charge in [0.15, 0.2) is 0 Å². The Bertz CT molecular complexity index is 475. The summed E-state index contributed by atoms with van der Waals surface area (Å²) in [5.41, 5.74) is 1.13. The summed E-state index contributed by atoms with van der Waals surface area (Å²) in [5.74, 6) is 1.09. The molecule has 0 saturated carbocycles. The molecule has 2 heteroatoms. The van der Waals surface area contributed by atoms with Crippen molar-refractivity contribution in [1.29, 1.82) is 0 Å². The van der Waals surface area contributed by atoms with E-state index in [0.717, 1.165) is 22.1 Å². The van der Waals surface area contributed by atoms with E-state index in [1.165, 1.54) is 0 Å². The maximum Gasteiger partial charge on any atom is 0.126 e. The van der Waals surface area contributed by atoms with Gasteiger partial charge < -0.3 is 9.84 Å². The van der Waals surface area contributed by atoms with Crippen molar-refractivity contribution >= 4 is 10.8 Å². The van der Waals surface area contributed by atoms with Gasteiger partial charge in [-0.15, -0.1) is 0 Å². The Balaban J connectivity index is 2.84. The third-order valence-corrected chi connectivity index (χ3v) is 2.33. The van der Waals surface area contributed by atoms with E-state index in [4.69, 9.17) is 4.74 Å². The molecule has 1 N–H and O–H groups in total. The molecule has 14 heavy (non-hydrogen) atoms. The number of aryl methyl sites for hydroxylation is 1. The molecule has 2 aromatic carbocycles. The first kappa shape index (κ1) is 8.88. The summed E-state index contributed by atoms with van der Waals surface area (Å²) in [6.07, 6.45) is 0. The number of phenolic OH excluding ortho intramolecular Hbond substituents is 1. The Kier molecular flexibility index (Phi) is 2.04. The number of hydrogen-bond acceptors (Lipinski definition) is 2. The first-order valence-corrected chi connectivity index (χ1v) is 4.48. The monoisotopic (exact) mass is 188 g/mol. The van der Waals surface area contributed by atoms with Crippen molar-refractivity contribution in [2.45, 2.75) is 6.92 Å². The minimum absolute atomic E-state index is 0.296. The molecule has 0 aliphatic rings. The van der Waals surface area contributed by atoms with Gasteiger partial charge in [-0.1, -0.05) is 17.7 Å². The van der Waals surface area contributed by atoms with Gasteiger partial charge in [0.05, 0.1) is 7.11 Å². The van der Waals surface area contributed by atoms with Gasteiger partial charge in [-0.2, -0.15) is 0 Å². The fourth-order valence-corrected chi connectivity index (χ4v) is 1.60. The van der Waals surface area contributed by atoms with Crippen LogP contribution in [0.3, 0.4) is 0 Å². The maximum absolute atomic E-state index is 9.66. The van der Waals surface area contributed by atoms with Crippen molar-refractivity contribution in [3.8, 4) is 11.5 Å². The van der Waals surface area contributed by atoms with Crippen molar-refractivity contribution in [2.24, 2.45) is 0 Å². The number of phenols is 1. The number of benzene rings is 2. The molecular weight excluding hydrogens is 176 g/mol. The van der Waals surface area contributed by atoms with Gasteiger partial charge in [0.25, 0.3) is 0 Å². The number of fused-ring (bicyclic) bond motifs is 1. The van der Waals surface area contributed by atoms with Gasteiger partial charge in [0, 0.05) is 10.8 Å². The molecule has 0 fully saturated rings. The molecule has 72 valence electrons. The van der Waals surface area contributed by atoms with Crippen molar-refractivity contribution in [1.82, 2.24) is 0 Å². The molecule has 0 aliphatic carbocycles. The number of methoxy groups -OCH3 is 1. The van der Waals surface area contributed by atoms with Crippen molar-refractivity contribution in [2.75, 3.05) is 7.11 Å². The van der Waals surface area contributed by atoms with Crippen molar-refractivity contribution < 1.29 is 9.84 Å². The lowest BCUT2D eigenvalue weighted by atomic mass is 10.1. The Morgan fingerprint density at radius 3 is 2.57 bits per heavy atom. The largest absolute Gasteiger partial charge is 0.507 e. The van der Waals surface area contributed by atoms with Crippen LogP contribution >= 0.6 is 0 Å². The topological polar surface area (TPSA) is 29.5 Å². The van der Waals surface area contributed by atoms with Crippen molar-refractivity contribution in [3.05, 3.63) is 35.9 Å². The van der Waals surface area contributed by atoms with Crippen LogP contribution in [0.15, 0.2) is 30.3 Å². The SMILES string of the molecule is COc1ccc(O)c2cc(C)ccc12. The fraction of sp³-hybridized carbons (Fsp3) is 0.167. The third kappa shape index (κ3) is 1.29. The van der Waals surface area contributed by atoms with Crippen LogP contribution in [-0.4, -0.2) is 12.2 Å². The normalized spacial score (nSPS) is 10.4. The minimum atomic E-state index is 0.296. The Morgan fingerprint density at radius 1 is 1.07 bits per heavy atom. The fourth-order valence-electron chi connectivity index (χ4n) is 1.60. The highest BCUT2D eigenvalue weighted by atomic mass is 16.5. The highest BCUT2D eigenvalue weighted by Gasteiger charge is 2.04. The van der Waals surface area contributed by atoms with Gasteiger partial charge in [-0.25, -0.2) is 0 Å². The van der Waals surface area contributed by atoms with Crippen LogP contribution in [0.2, 0.25) is 0 Å². The molecule has 2 nitrogen and oxygen atoms in total. The Hall–Kier alpha value is -1.70. The van der Waals surface area contributed by atoms with E-state index < -0.39 is 0 Å². The van der Waals surface area contributed by atoms with Gasteiger partial charge in [-0.05, 0) is 25.1 Å². The summed E-state index contributed by atoms with van der Waals surface area (Å²) >= 11 is 0. The highest BCUT2D eigenvalue weighted by Crippen LogP contribution is 2.32. The molecule has 0 heterocycles. The molecule has 0 saturated heterocycles. The van der Waals surface area contributed by atoms with Crippen LogP contribution in [-0.2, 0) is 0 Å². The number of hydrogen-bond donors (Lipinski definition) is 1. The molecule has 2 aromatic rings. The summed E-state index contributed by atoms with van der Waals surface area (Å²) in [6, 6.07) is 9.34. The quantitative estimate of drug-likeness (QED) is 0.745. The van der Waals surface area contributed by atoms with E-state index in [9.17, 15) is 5.11 Å². The first-order chi connectivity index (χ1) is 6.72. The van der Waals surface area contributed by atoms with E-state index in [1.54, 1.807) is 19.2 Å². The Labute approximate surface area is 82.8 Å². The second-order valence-electron chi connectivity index (χ2n) is 3.34. The second kappa shape index (κ2) is 3.22. The molecule has 0 unspecified atom stereocenters. The molecule has 2 rings (SSSR count). The standard InChI is InChI=1S/C12H12O2/c1-8-3-4-9-10(7-8)11(13)5-6-12(9)14-2/h3-7,13H,1-2H3. The maximum atomic E-state index is 9.66. The molecule has 0 radical (unpaired) electrons. The number of ether oxygens (including phenoxy) is 1. The van der Waals surface area contributed by atoms with Gasteiger partial charge in [-0.3, -0.25) is 0 Å². The predicted octanol–water partition coefficient (Wildman–Crippen LogP) is 2.86. The number of aromatic hydroxyl groups is 1. The summed E-state index contributed by atoms with van der Waals surface area (Å²) in [6.45, 7) is 2.00. The second-order valence-corrected chi connectivity index (χ2v) is 3.34. The predicted molar refractivity (Wildman–Crippen MR) is 56.9 cm³/mol. The molecule has 0 atom stereocenters. The van der Waals surface area contributed by atoms with E-state index in [-0.39, 0.29) is 0 Å². The smallest absolute Gasteiger partial charge is 0.126 e. The third-order valence-electron chi connectivity index (χ3n) is 2.33. The lowest BCUT2D eigenvalue weighted by Crippen LogP contribution is -1.85. The van der Waals surface area contributed by atoms with E-state index in [0.29, 0.717) is 5.75 Å². The summed E-state index contributed by atoms with van der Waals surface area (Å²) in [5, 5.41) is 11.4. The molecule has 0 amide bonds. The van der Waals surface area contributed by atoms with E-state index >= 15 is 0 Å². The highest BCUT2D eigenvalue weighted by molar-refractivity contribution is 5.93. The van der Waals surface area contributed by atoms with Gasteiger partial charge >= 0.3 is 0 Å². The van der Waals surface area contributed by atoms with E-state index in [2.05, 4.69) is 0 Å². The van der Waals surface area contributed by atoms with Crippen molar-refractivity contribution in [3.63, 3.8) is 0 Å². The average Bonchev–Trinajstić information content (AvgIpc) is 2.19. The van der Waals surface area contributed by atoms with Crippen LogP contribution in [0.5, 0.6) is 11.5 Å². The lowest BCUT2D eigenvalue weighted by Gasteiger charge is -2.07. The summed E-state index contributed by atoms with van der Waals surface area (Å²) < 4.78 is 5.21. The zero-order chi connectivity index (χ0) is 10.1. The zero-order valence-electron chi connectivity index (χ0n) is 8.24. The summed E-state index contributed by atoms with van der Waals surface area (Å²) in [4.78, 5) is 0. The van der Waals surface area contributed by atoms with E-state index in [1.807, 2.05) is 25.1 Å². The lowest BCUT2D eigenvalue weighted by molar-refractivity contribution is 0.418. The first-order valence-electron chi connectivity index (χ1n) is 4.48. The Morgan fingerprint density at radius 2 is 1.86 bits per heavy atom. The van der Waals surface area contributed by atoms with Crippen LogP contribution in [0.1, 0.15) is 5.56 Å². The molecule has 0 bridgehead atoms. The molecule has 0 aliphatic heterocycles. The zero-order valence-corrected chi connectivity index (χ0v) is 8.24. The van der Waals surface area contributed by atoms with Gasteiger partial charge in [0.1, 0.15) is 11.5 Å². The van der Waals surface area contributed by atoms with Crippen LogP contribution in [0.25, 0.3) is 10.8 Å². The van der Waals surface area contributed by atoms with Crippen LogP contribution in [0.4, 0.5) is 0 Å². The molecule has 0 spiro atoms. The average molecular weight is 188 g/mol. The summed E-state index contributed by atoms with van der Waals surface area (Å²) in [7, 11) is 1.63. The molecular formula is C12H12O2. The number of rotatable bonds is 1.